The van der Waals surface area contributed by atoms with Gasteiger partial charge in [0.1, 0.15) is 5.75 Å². The molecule has 5 rings (SSSR count). The second kappa shape index (κ2) is 11.1. The maximum absolute atomic E-state index is 12.9. The van der Waals surface area contributed by atoms with Gasteiger partial charge in [-0.05, 0) is 49.3 Å². The third kappa shape index (κ3) is 5.41. The smallest absolute Gasteiger partial charge is 0.323 e. The molecule has 0 spiro atoms. The number of carbonyl (C=O) groups excluding carboxylic acids is 1. The Kier molecular flexibility index (Phi) is 7.70. The van der Waals surface area contributed by atoms with E-state index < -0.39 is 0 Å². The summed E-state index contributed by atoms with van der Waals surface area (Å²) < 4.78 is 5.65. The first-order valence-electron chi connectivity index (χ1n) is 13.1. The van der Waals surface area contributed by atoms with E-state index in [2.05, 4.69) is 28.4 Å². The Hall–Kier alpha value is -2.12. The van der Waals surface area contributed by atoms with Crippen LogP contribution in [0.3, 0.4) is 0 Å². The minimum atomic E-state index is -0.0351. The topological polar surface area (TPSA) is 57.7 Å². The number of aromatic nitrogens is 1. The van der Waals surface area contributed by atoms with Gasteiger partial charge in [0, 0.05) is 43.2 Å². The molecule has 2 aromatic rings. The number of urea groups is 1. The summed E-state index contributed by atoms with van der Waals surface area (Å²) in [7, 11) is 1.71. The lowest BCUT2D eigenvalue weighted by Crippen LogP contribution is -2.53. The summed E-state index contributed by atoms with van der Waals surface area (Å²) in [5, 5.41) is 5.73. The van der Waals surface area contributed by atoms with Crippen LogP contribution in [0.25, 0.3) is 11.3 Å². The van der Waals surface area contributed by atoms with Crippen molar-refractivity contribution < 1.29 is 9.53 Å². The first-order valence-corrected chi connectivity index (χ1v) is 14.0. The molecule has 0 bridgehead atoms. The molecule has 1 aliphatic heterocycles. The number of nitrogens with zero attached hydrogens (tertiary/aromatic N) is 3. The molecule has 0 atom stereocenters. The van der Waals surface area contributed by atoms with E-state index in [1.165, 1.54) is 81.1 Å². The van der Waals surface area contributed by atoms with Gasteiger partial charge in [0.25, 0.3) is 0 Å². The van der Waals surface area contributed by atoms with E-state index in [4.69, 9.17) is 9.72 Å². The van der Waals surface area contributed by atoms with Crippen LogP contribution in [0.1, 0.15) is 75.7 Å². The first-order chi connectivity index (χ1) is 16.7. The van der Waals surface area contributed by atoms with Crippen molar-refractivity contribution >= 4 is 22.5 Å². The molecular formula is C27H38N4O2S. The van der Waals surface area contributed by atoms with E-state index in [0.717, 1.165) is 49.2 Å². The van der Waals surface area contributed by atoms with Crippen LogP contribution in [0.4, 0.5) is 9.93 Å². The number of ether oxygens (including phenoxy) is 1. The van der Waals surface area contributed by atoms with Gasteiger partial charge in [-0.25, -0.2) is 9.78 Å². The zero-order chi connectivity index (χ0) is 23.3. The molecule has 1 aromatic heterocycles. The number of methoxy groups -OCH3 is 1. The average molecular weight is 483 g/mol. The van der Waals surface area contributed by atoms with Gasteiger partial charge in [0.2, 0.25) is 0 Å². The predicted octanol–water partition coefficient (Wildman–Crippen LogP) is 6.35. The van der Waals surface area contributed by atoms with Crippen molar-refractivity contribution in [1.29, 1.82) is 0 Å². The number of hydrogen-bond donors (Lipinski definition) is 1. The number of carbonyl (C=O) groups is 1. The van der Waals surface area contributed by atoms with Crippen molar-refractivity contribution in [2.24, 2.45) is 0 Å². The summed E-state index contributed by atoms with van der Waals surface area (Å²) in [6.45, 7) is 3.54. The number of thiazole rings is 1. The number of anilines is 1. The van der Waals surface area contributed by atoms with E-state index in [1.54, 1.807) is 7.11 Å². The summed E-state index contributed by atoms with van der Waals surface area (Å²) in [5.41, 5.74) is 3.27. The van der Waals surface area contributed by atoms with E-state index in [0.29, 0.717) is 11.0 Å². The molecule has 1 N–H and O–H groups in total. The van der Waals surface area contributed by atoms with Crippen molar-refractivity contribution in [2.75, 3.05) is 38.6 Å². The summed E-state index contributed by atoms with van der Waals surface area (Å²) in [5.74, 6) is 1.46. The minimum absolute atomic E-state index is 0.0351. The van der Waals surface area contributed by atoms with Crippen molar-refractivity contribution in [2.45, 2.75) is 76.2 Å². The van der Waals surface area contributed by atoms with E-state index in [-0.39, 0.29) is 6.03 Å². The van der Waals surface area contributed by atoms with Crippen molar-refractivity contribution in [3.63, 3.8) is 0 Å². The Morgan fingerprint density at radius 2 is 1.71 bits per heavy atom. The molecule has 0 unspecified atom stereocenters. The lowest BCUT2D eigenvalue weighted by molar-refractivity contribution is 0.0943. The molecule has 34 heavy (non-hydrogen) atoms. The number of piperazine rings is 1. The van der Waals surface area contributed by atoms with Gasteiger partial charge >= 0.3 is 6.03 Å². The highest BCUT2D eigenvalue weighted by atomic mass is 32.1. The van der Waals surface area contributed by atoms with Crippen LogP contribution in [-0.2, 0) is 0 Å². The van der Waals surface area contributed by atoms with Gasteiger partial charge in [-0.1, -0.05) is 44.6 Å². The Labute approximate surface area is 207 Å². The highest BCUT2D eigenvalue weighted by Gasteiger charge is 2.27. The lowest BCUT2D eigenvalue weighted by Gasteiger charge is -2.40. The first kappa shape index (κ1) is 23.6. The zero-order valence-electron chi connectivity index (χ0n) is 20.4. The molecule has 184 valence electrons. The van der Waals surface area contributed by atoms with Crippen molar-refractivity contribution in [1.82, 2.24) is 14.8 Å². The third-order valence-corrected chi connectivity index (χ3v) is 8.74. The van der Waals surface area contributed by atoms with Gasteiger partial charge in [-0.3, -0.25) is 10.2 Å². The molecule has 3 aliphatic rings. The fraction of sp³-hybridized carbons (Fsp3) is 0.630. The fourth-order valence-electron chi connectivity index (χ4n) is 5.98. The number of rotatable bonds is 5. The van der Waals surface area contributed by atoms with Crippen LogP contribution in [0.5, 0.6) is 5.75 Å². The molecule has 1 aromatic carbocycles. The van der Waals surface area contributed by atoms with Gasteiger partial charge in [0.15, 0.2) is 5.13 Å². The van der Waals surface area contributed by atoms with Gasteiger partial charge < -0.3 is 9.64 Å². The quantitative estimate of drug-likeness (QED) is 0.540. The Morgan fingerprint density at radius 3 is 2.41 bits per heavy atom. The van der Waals surface area contributed by atoms with E-state index in [1.807, 2.05) is 10.3 Å². The molecule has 3 fully saturated rings. The Balaban J connectivity index is 1.21. The number of nitrogens with one attached hydrogen (secondary N) is 1. The van der Waals surface area contributed by atoms with E-state index in [9.17, 15) is 4.79 Å². The predicted molar refractivity (Wildman–Crippen MR) is 139 cm³/mol. The number of benzene rings is 1. The summed E-state index contributed by atoms with van der Waals surface area (Å²) in [6.07, 6.45) is 13.2. The number of hydrogen-bond acceptors (Lipinski definition) is 5. The minimum Gasteiger partial charge on any atom is -0.496 e. The molecule has 2 saturated carbocycles. The van der Waals surface area contributed by atoms with Crippen LogP contribution in [0.2, 0.25) is 0 Å². The van der Waals surface area contributed by atoms with Gasteiger partial charge in [-0.2, -0.15) is 0 Å². The second-order valence-electron chi connectivity index (χ2n) is 10.1. The monoisotopic (exact) mass is 482 g/mol. The second-order valence-corrected chi connectivity index (χ2v) is 10.9. The third-order valence-electron chi connectivity index (χ3n) is 7.99. The summed E-state index contributed by atoms with van der Waals surface area (Å²) in [6, 6.07) is 7.22. The highest BCUT2D eigenvalue weighted by Crippen LogP contribution is 2.38. The summed E-state index contributed by atoms with van der Waals surface area (Å²) in [4.78, 5) is 22.2. The molecule has 0 radical (unpaired) electrons. The maximum atomic E-state index is 12.9. The van der Waals surface area contributed by atoms with Crippen LogP contribution in [-0.4, -0.2) is 60.1 Å². The number of amides is 2. The molecule has 2 aliphatic carbocycles. The molecule has 2 amide bonds. The van der Waals surface area contributed by atoms with Gasteiger partial charge in [-0.15, -0.1) is 11.3 Å². The maximum Gasteiger partial charge on any atom is 0.323 e. The normalized spacial score (nSPS) is 20.9. The van der Waals surface area contributed by atoms with Crippen molar-refractivity contribution in [3.8, 4) is 17.0 Å². The molecule has 1 saturated heterocycles. The summed E-state index contributed by atoms with van der Waals surface area (Å²) >= 11 is 1.48. The van der Waals surface area contributed by atoms with Crippen LogP contribution in [0, 0.1) is 0 Å². The fourth-order valence-corrected chi connectivity index (χ4v) is 6.68. The van der Waals surface area contributed by atoms with Crippen LogP contribution >= 0.6 is 11.3 Å². The molecule has 6 nitrogen and oxygen atoms in total. The van der Waals surface area contributed by atoms with E-state index >= 15 is 0 Å². The van der Waals surface area contributed by atoms with Gasteiger partial charge in [0.05, 0.1) is 12.8 Å². The zero-order valence-corrected chi connectivity index (χ0v) is 21.2. The molecule has 7 heteroatoms. The largest absolute Gasteiger partial charge is 0.496 e. The van der Waals surface area contributed by atoms with Crippen molar-refractivity contribution in [3.05, 3.63) is 29.1 Å². The highest BCUT2D eigenvalue weighted by molar-refractivity contribution is 7.14. The average Bonchev–Trinajstić information content (AvgIpc) is 3.37. The molecule has 2 heterocycles. The SMILES string of the molecule is COc1ccc(C2CCCCC2)cc1-c1csc(NC(=O)N2CCN(C3CCCCC3)CC2)n1. The molecular weight excluding hydrogens is 444 g/mol. The lowest BCUT2D eigenvalue weighted by atomic mass is 9.83. The Bertz CT molecular complexity index is 957. The standard InChI is InChI=1S/C27H38N4O2S/c1-33-25-13-12-21(20-8-4-2-5-9-20)18-23(25)24-19-34-26(28-24)29-27(32)31-16-14-30(15-17-31)22-10-6-3-7-11-22/h12-13,18-20,22H,2-11,14-17H2,1H3,(H,28,29,32). The van der Waals surface area contributed by atoms with Crippen LogP contribution < -0.4 is 10.1 Å². The Morgan fingerprint density at radius 1 is 1.00 bits per heavy atom. The van der Waals surface area contributed by atoms with Crippen LogP contribution in [0.15, 0.2) is 23.6 Å².